The minimum atomic E-state index is 0.270. The van der Waals surface area contributed by atoms with Crippen molar-refractivity contribution in [3.63, 3.8) is 0 Å². The van der Waals surface area contributed by atoms with Gasteiger partial charge in [0.1, 0.15) is 0 Å². The first-order chi connectivity index (χ1) is 19.9. The summed E-state index contributed by atoms with van der Waals surface area (Å²) in [6.45, 7) is 13.9. The van der Waals surface area contributed by atoms with Gasteiger partial charge in [-0.15, -0.1) is 0 Å². The van der Waals surface area contributed by atoms with E-state index in [1.807, 2.05) is 19.1 Å². The Kier molecular flexibility index (Phi) is 18.0. The summed E-state index contributed by atoms with van der Waals surface area (Å²) in [4.78, 5) is 17.9. The van der Waals surface area contributed by atoms with Crippen molar-refractivity contribution >= 4 is 5.78 Å². The minimum absolute atomic E-state index is 0.270. The molecule has 1 aromatic rings. The number of rotatable bonds is 21. The number of Topliss-reactive ketones (excluding diaryl/α,β-unsaturated/α-hetero) is 1. The van der Waals surface area contributed by atoms with E-state index in [4.69, 9.17) is 0 Å². The average molecular weight is 559 g/mol. The van der Waals surface area contributed by atoms with E-state index < -0.39 is 0 Å². The summed E-state index contributed by atoms with van der Waals surface area (Å²) >= 11 is 0. The SMILES string of the molecule is C\C=C(/C=C\C(C)=C\CN(CCCC)Cc1ccccc1)C(=O)CCCCC(CC)CCN(C)CC1=CCCC=C1. The highest BCUT2D eigenvalue weighted by Gasteiger charge is 2.11. The van der Waals surface area contributed by atoms with E-state index in [1.54, 1.807) is 0 Å². The molecule has 3 heteroatoms. The molecule has 226 valence electrons. The lowest BCUT2D eigenvalue weighted by Crippen LogP contribution is -2.24. The van der Waals surface area contributed by atoms with Crippen LogP contribution in [0, 0.1) is 5.92 Å². The van der Waals surface area contributed by atoms with Crippen molar-refractivity contribution in [2.24, 2.45) is 5.92 Å². The van der Waals surface area contributed by atoms with Gasteiger partial charge in [-0.25, -0.2) is 0 Å². The summed E-state index contributed by atoms with van der Waals surface area (Å²) in [7, 11) is 2.24. The predicted molar refractivity (Wildman–Crippen MR) is 179 cm³/mol. The van der Waals surface area contributed by atoms with Gasteiger partial charge in [0.15, 0.2) is 5.78 Å². The van der Waals surface area contributed by atoms with E-state index in [1.165, 1.54) is 61.7 Å². The number of unbranched alkanes of at least 4 members (excludes halogenated alkanes) is 2. The van der Waals surface area contributed by atoms with E-state index in [0.29, 0.717) is 6.42 Å². The minimum Gasteiger partial charge on any atom is -0.302 e. The Hall–Kier alpha value is -2.49. The van der Waals surface area contributed by atoms with E-state index in [0.717, 1.165) is 57.1 Å². The number of likely N-dealkylation sites (N-methyl/N-ethyl adjacent to an activating group) is 1. The fourth-order valence-electron chi connectivity index (χ4n) is 5.36. The molecule has 2 rings (SSSR count). The number of benzene rings is 1. The lowest BCUT2D eigenvalue weighted by atomic mass is 9.94. The largest absolute Gasteiger partial charge is 0.302 e. The molecule has 0 aliphatic heterocycles. The van der Waals surface area contributed by atoms with Crippen LogP contribution in [-0.4, -0.2) is 48.8 Å². The predicted octanol–water partition coefficient (Wildman–Crippen LogP) is 9.49. The van der Waals surface area contributed by atoms with Gasteiger partial charge in [0.2, 0.25) is 0 Å². The molecule has 1 atom stereocenters. The Balaban J connectivity index is 1.73. The fraction of sp³-hybridized carbons (Fsp3) is 0.553. The lowest BCUT2D eigenvalue weighted by molar-refractivity contribution is -0.115. The molecular formula is C38H58N2O. The van der Waals surface area contributed by atoms with Crippen LogP contribution in [0.1, 0.15) is 97.5 Å². The van der Waals surface area contributed by atoms with Crippen molar-refractivity contribution in [3.8, 4) is 0 Å². The third kappa shape index (κ3) is 15.3. The average Bonchev–Trinajstić information content (AvgIpc) is 2.99. The maximum absolute atomic E-state index is 12.9. The van der Waals surface area contributed by atoms with Gasteiger partial charge in [-0.2, -0.15) is 0 Å². The summed E-state index contributed by atoms with van der Waals surface area (Å²) in [5.41, 5.74) is 4.86. The van der Waals surface area contributed by atoms with Crippen LogP contribution in [0.3, 0.4) is 0 Å². The molecule has 3 nitrogen and oxygen atoms in total. The third-order valence-electron chi connectivity index (χ3n) is 8.19. The zero-order valence-electron chi connectivity index (χ0n) is 26.9. The van der Waals surface area contributed by atoms with Crippen molar-refractivity contribution in [3.05, 3.63) is 95.1 Å². The molecule has 1 unspecified atom stereocenters. The van der Waals surface area contributed by atoms with E-state index in [9.17, 15) is 4.79 Å². The Morgan fingerprint density at radius 3 is 2.46 bits per heavy atom. The topological polar surface area (TPSA) is 23.6 Å². The molecule has 0 bridgehead atoms. The Bertz CT molecular complexity index is 1010. The van der Waals surface area contributed by atoms with Gasteiger partial charge < -0.3 is 4.90 Å². The zero-order valence-corrected chi connectivity index (χ0v) is 26.9. The highest BCUT2D eigenvalue weighted by molar-refractivity contribution is 5.97. The normalized spacial score (nSPS) is 15.2. The number of hydrogen-bond acceptors (Lipinski definition) is 3. The summed E-state index contributed by atoms with van der Waals surface area (Å²) in [6, 6.07) is 10.7. The van der Waals surface area contributed by atoms with Crippen LogP contribution >= 0.6 is 0 Å². The number of carbonyl (C=O) groups is 1. The molecule has 0 amide bonds. The van der Waals surface area contributed by atoms with Crippen molar-refractivity contribution in [1.29, 1.82) is 0 Å². The second-order valence-electron chi connectivity index (χ2n) is 11.8. The summed E-state index contributed by atoms with van der Waals surface area (Å²) in [6.07, 6.45) is 26.6. The summed E-state index contributed by atoms with van der Waals surface area (Å²) in [5, 5.41) is 0. The molecule has 0 saturated heterocycles. The van der Waals surface area contributed by atoms with E-state index >= 15 is 0 Å². The van der Waals surface area contributed by atoms with Crippen molar-refractivity contribution in [2.45, 2.75) is 98.4 Å². The van der Waals surface area contributed by atoms with Crippen molar-refractivity contribution < 1.29 is 4.79 Å². The number of allylic oxidation sites excluding steroid dienone is 7. The second-order valence-corrected chi connectivity index (χ2v) is 11.8. The van der Waals surface area contributed by atoms with Crippen molar-refractivity contribution in [1.82, 2.24) is 9.80 Å². The first kappa shape index (κ1) is 34.7. The third-order valence-corrected chi connectivity index (χ3v) is 8.19. The van der Waals surface area contributed by atoms with E-state index in [2.05, 4.69) is 98.3 Å². The van der Waals surface area contributed by atoms with Gasteiger partial charge in [0, 0.05) is 31.6 Å². The molecule has 41 heavy (non-hydrogen) atoms. The van der Waals surface area contributed by atoms with Gasteiger partial charge in [-0.05, 0) is 83.1 Å². The number of nitrogens with zero attached hydrogens (tertiary/aromatic N) is 2. The number of ketones is 1. The van der Waals surface area contributed by atoms with Crippen LogP contribution in [0.25, 0.3) is 0 Å². The molecule has 0 saturated carbocycles. The van der Waals surface area contributed by atoms with Crippen molar-refractivity contribution in [2.75, 3.05) is 33.2 Å². The van der Waals surface area contributed by atoms with Gasteiger partial charge in [0.25, 0.3) is 0 Å². The second kappa shape index (κ2) is 21.2. The molecule has 1 aliphatic carbocycles. The molecule has 1 aromatic carbocycles. The van der Waals surface area contributed by atoms with Gasteiger partial charge in [-0.3, -0.25) is 9.69 Å². The van der Waals surface area contributed by atoms with Gasteiger partial charge in [0.05, 0.1) is 0 Å². The monoisotopic (exact) mass is 558 g/mol. The maximum Gasteiger partial charge on any atom is 0.162 e. The molecule has 0 heterocycles. The maximum atomic E-state index is 12.9. The molecular weight excluding hydrogens is 500 g/mol. The highest BCUT2D eigenvalue weighted by Crippen LogP contribution is 2.20. The molecule has 0 fully saturated rings. The quantitative estimate of drug-likeness (QED) is 0.0853. The van der Waals surface area contributed by atoms with Gasteiger partial charge in [-0.1, -0.05) is 118 Å². The first-order valence-corrected chi connectivity index (χ1v) is 16.3. The highest BCUT2D eigenvalue weighted by atomic mass is 16.1. The molecule has 0 radical (unpaired) electrons. The van der Waals surface area contributed by atoms with Crippen LogP contribution < -0.4 is 0 Å². The standard InChI is InChI=1S/C38H58N2O/c1-6-9-28-40(32-36-21-14-11-15-22-36)30-26-33(4)24-25-37(8-3)38(41)23-17-16-18-34(7-2)27-29-39(5)31-35-19-12-10-13-20-35/h8,11-12,14-15,19-22,24-26,34H,6-7,9-10,13,16-18,23,27-32H2,1-5H3/b25-24-,33-26+,37-8+. The number of hydrogen-bond donors (Lipinski definition) is 0. The smallest absolute Gasteiger partial charge is 0.162 e. The molecule has 0 aromatic heterocycles. The Morgan fingerprint density at radius 1 is 0.976 bits per heavy atom. The zero-order chi connectivity index (χ0) is 29.7. The van der Waals surface area contributed by atoms with E-state index in [-0.39, 0.29) is 5.78 Å². The van der Waals surface area contributed by atoms with Crippen LogP contribution in [0.5, 0.6) is 0 Å². The van der Waals surface area contributed by atoms with Gasteiger partial charge >= 0.3 is 0 Å². The molecule has 0 N–H and O–H groups in total. The fourth-order valence-corrected chi connectivity index (χ4v) is 5.36. The lowest BCUT2D eigenvalue weighted by Gasteiger charge is -2.22. The van der Waals surface area contributed by atoms with Crippen LogP contribution in [0.4, 0.5) is 0 Å². The van der Waals surface area contributed by atoms with Crippen LogP contribution in [0.2, 0.25) is 0 Å². The first-order valence-electron chi connectivity index (χ1n) is 16.3. The summed E-state index contributed by atoms with van der Waals surface area (Å²) in [5.74, 6) is 1.02. The van der Waals surface area contributed by atoms with Crippen LogP contribution in [0.15, 0.2) is 89.6 Å². The summed E-state index contributed by atoms with van der Waals surface area (Å²) < 4.78 is 0. The number of carbonyl (C=O) groups excluding carboxylic acids is 1. The van der Waals surface area contributed by atoms with Crippen LogP contribution in [-0.2, 0) is 11.3 Å². The molecule has 1 aliphatic rings. The Morgan fingerprint density at radius 2 is 1.78 bits per heavy atom. The molecule has 0 spiro atoms. The Labute approximate surface area is 252 Å².